The number of amides is 3. The summed E-state index contributed by atoms with van der Waals surface area (Å²) < 4.78 is 38.3. The second-order valence-corrected chi connectivity index (χ2v) is 9.72. The fourth-order valence-corrected chi connectivity index (χ4v) is 4.45. The van der Waals surface area contributed by atoms with E-state index >= 15 is 0 Å². The summed E-state index contributed by atoms with van der Waals surface area (Å²) in [6.07, 6.45) is -3.56. The number of aromatic nitrogens is 1. The molecular formula is C27H23BrF3N5O3. The molecular weight excluding hydrogens is 579 g/mol. The van der Waals surface area contributed by atoms with Gasteiger partial charge in [-0.1, -0.05) is 55.5 Å². The van der Waals surface area contributed by atoms with Crippen molar-refractivity contribution >= 4 is 45.1 Å². The van der Waals surface area contributed by atoms with Gasteiger partial charge in [0.15, 0.2) is 0 Å². The Kier molecular flexibility index (Phi) is 8.44. The molecule has 3 amide bonds. The summed E-state index contributed by atoms with van der Waals surface area (Å²) in [5.74, 6) is -2.36. The summed E-state index contributed by atoms with van der Waals surface area (Å²) in [7, 11) is 0. The SMILES string of the molecule is CC(CCC1N=C(c2ccccc2)c2ccccc2NC1=O)C(=O)NNC(=O)c1ncc(C(F)(F)F)cc1Br. The van der Waals surface area contributed by atoms with Gasteiger partial charge in [-0.2, -0.15) is 13.2 Å². The monoisotopic (exact) mass is 601 g/mol. The van der Waals surface area contributed by atoms with Gasteiger partial charge in [0.25, 0.3) is 5.91 Å². The summed E-state index contributed by atoms with van der Waals surface area (Å²) in [5, 5.41) is 2.91. The van der Waals surface area contributed by atoms with Gasteiger partial charge in [-0.15, -0.1) is 0 Å². The Labute approximate surface area is 230 Å². The number of pyridine rings is 1. The van der Waals surface area contributed by atoms with Crippen LogP contribution in [0.25, 0.3) is 0 Å². The second kappa shape index (κ2) is 11.8. The number of alkyl halides is 3. The maximum Gasteiger partial charge on any atom is 0.417 e. The molecule has 3 N–H and O–H groups in total. The number of hydrogen-bond acceptors (Lipinski definition) is 5. The maximum absolute atomic E-state index is 13.0. The molecule has 2 aromatic carbocycles. The highest BCUT2D eigenvalue weighted by molar-refractivity contribution is 9.10. The average molecular weight is 602 g/mol. The first-order chi connectivity index (χ1) is 18.5. The molecule has 1 aromatic heterocycles. The number of para-hydroxylation sites is 1. The first kappa shape index (κ1) is 28.0. The molecule has 202 valence electrons. The van der Waals surface area contributed by atoms with Gasteiger partial charge in [0, 0.05) is 27.7 Å². The number of hydrazine groups is 1. The summed E-state index contributed by atoms with van der Waals surface area (Å²) >= 11 is 2.90. The lowest BCUT2D eigenvalue weighted by Crippen LogP contribution is -2.44. The van der Waals surface area contributed by atoms with Gasteiger partial charge in [0.1, 0.15) is 11.7 Å². The number of nitrogens with zero attached hydrogens (tertiary/aromatic N) is 2. The zero-order valence-corrected chi connectivity index (χ0v) is 22.1. The molecule has 0 bridgehead atoms. The van der Waals surface area contributed by atoms with Crippen molar-refractivity contribution in [1.29, 1.82) is 0 Å². The van der Waals surface area contributed by atoms with Crippen LogP contribution in [0.3, 0.4) is 0 Å². The van der Waals surface area contributed by atoms with E-state index in [1.54, 1.807) is 13.0 Å². The van der Waals surface area contributed by atoms with Crippen molar-refractivity contribution in [2.24, 2.45) is 10.9 Å². The Hall–Kier alpha value is -4.06. The van der Waals surface area contributed by atoms with Crippen LogP contribution >= 0.6 is 15.9 Å². The highest BCUT2D eigenvalue weighted by atomic mass is 79.9. The fraction of sp³-hybridized carbons (Fsp3) is 0.222. The van der Waals surface area contributed by atoms with Crippen molar-refractivity contribution in [3.8, 4) is 0 Å². The largest absolute Gasteiger partial charge is 0.417 e. The van der Waals surface area contributed by atoms with E-state index in [-0.39, 0.29) is 28.9 Å². The van der Waals surface area contributed by atoms with Crippen molar-refractivity contribution in [3.63, 3.8) is 0 Å². The van der Waals surface area contributed by atoms with Crippen molar-refractivity contribution in [3.05, 3.63) is 93.7 Å². The van der Waals surface area contributed by atoms with Crippen LogP contribution < -0.4 is 16.2 Å². The number of benzene rings is 2. The third kappa shape index (κ3) is 6.69. The third-order valence-electron chi connectivity index (χ3n) is 6.08. The lowest BCUT2D eigenvalue weighted by Gasteiger charge is -2.16. The average Bonchev–Trinajstić information content (AvgIpc) is 3.05. The molecule has 1 aliphatic rings. The maximum atomic E-state index is 13.0. The Bertz CT molecular complexity index is 1430. The van der Waals surface area contributed by atoms with Crippen LogP contribution in [-0.2, 0) is 15.8 Å². The minimum absolute atomic E-state index is 0.176. The van der Waals surface area contributed by atoms with E-state index in [4.69, 9.17) is 4.99 Å². The molecule has 0 fully saturated rings. The lowest BCUT2D eigenvalue weighted by molar-refractivity contribution is -0.137. The zero-order valence-electron chi connectivity index (χ0n) is 20.6. The van der Waals surface area contributed by atoms with Crippen molar-refractivity contribution in [2.75, 3.05) is 5.32 Å². The molecule has 1 aliphatic heterocycles. The topological polar surface area (TPSA) is 113 Å². The number of hydrogen-bond donors (Lipinski definition) is 3. The Morgan fingerprint density at radius 3 is 2.46 bits per heavy atom. The van der Waals surface area contributed by atoms with Crippen LogP contribution in [0, 0.1) is 5.92 Å². The number of rotatable bonds is 6. The number of halogens is 4. The van der Waals surface area contributed by atoms with E-state index in [9.17, 15) is 27.6 Å². The standard InChI is InChI=1S/C27H23BrF3N5O3/c1-15(24(37)35-36-26(39)23-19(28)13-17(14-32-23)27(29,30)31)11-12-21-25(38)34-20-10-6-5-9-18(20)22(33-21)16-7-3-2-4-8-16/h2-10,13-15,21H,11-12H2,1H3,(H,34,38)(H,35,37)(H,36,39). The van der Waals surface area contributed by atoms with Gasteiger partial charge in [-0.25, -0.2) is 4.98 Å². The van der Waals surface area contributed by atoms with E-state index in [2.05, 4.69) is 37.1 Å². The second-order valence-electron chi connectivity index (χ2n) is 8.87. The molecule has 3 aromatic rings. The quantitative estimate of drug-likeness (QED) is 0.349. The van der Waals surface area contributed by atoms with Gasteiger partial charge in [-0.05, 0) is 40.9 Å². The van der Waals surface area contributed by atoms with Gasteiger partial charge < -0.3 is 5.32 Å². The first-order valence-corrected chi connectivity index (χ1v) is 12.7. The van der Waals surface area contributed by atoms with Crippen LogP contribution in [0.2, 0.25) is 0 Å². The van der Waals surface area contributed by atoms with E-state index in [1.807, 2.05) is 48.5 Å². The predicted molar refractivity (Wildman–Crippen MR) is 142 cm³/mol. The molecule has 2 unspecified atom stereocenters. The van der Waals surface area contributed by atoms with Crippen LogP contribution in [-0.4, -0.2) is 34.5 Å². The van der Waals surface area contributed by atoms with E-state index in [1.165, 1.54) is 0 Å². The van der Waals surface area contributed by atoms with Crippen molar-refractivity contribution in [2.45, 2.75) is 32.0 Å². The molecule has 4 rings (SSSR count). The van der Waals surface area contributed by atoms with Gasteiger partial charge in [0.2, 0.25) is 11.8 Å². The predicted octanol–water partition coefficient (Wildman–Crippen LogP) is 4.90. The molecule has 8 nitrogen and oxygen atoms in total. The van der Waals surface area contributed by atoms with Crippen molar-refractivity contribution < 1.29 is 27.6 Å². The molecule has 39 heavy (non-hydrogen) atoms. The summed E-state index contributed by atoms with van der Waals surface area (Å²) in [5.41, 5.74) is 6.01. The molecule has 12 heteroatoms. The molecule has 2 atom stereocenters. The molecule has 0 radical (unpaired) electrons. The fourth-order valence-electron chi connectivity index (χ4n) is 3.92. The van der Waals surface area contributed by atoms with Crippen LogP contribution in [0.5, 0.6) is 0 Å². The Balaban J connectivity index is 1.40. The Morgan fingerprint density at radius 2 is 1.77 bits per heavy atom. The van der Waals surface area contributed by atoms with E-state index in [0.29, 0.717) is 17.6 Å². The lowest BCUT2D eigenvalue weighted by atomic mass is 9.99. The van der Waals surface area contributed by atoms with Crippen LogP contribution in [0.1, 0.15) is 46.9 Å². The Morgan fingerprint density at radius 1 is 1.08 bits per heavy atom. The number of carbonyl (C=O) groups is 3. The van der Waals surface area contributed by atoms with Crippen molar-refractivity contribution in [1.82, 2.24) is 15.8 Å². The first-order valence-electron chi connectivity index (χ1n) is 11.9. The zero-order chi connectivity index (χ0) is 28.2. The molecule has 0 saturated heterocycles. The highest BCUT2D eigenvalue weighted by Crippen LogP contribution is 2.31. The normalized spacial score (nSPS) is 15.8. The van der Waals surface area contributed by atoms with Crippen LogP contribution in [0.15, 0.2) is 76.3 Å². The van der Waals surface area contributed by atoms with Gasteiger partial charge in [0.05, 0.1) is 17.0 Å². The number of anilines is 1. The number of benzodiazepines with no additional fused rings is 1. The number of fused-ring (bicyclic) bond motifs is 1. The smallest absolute Gasteiger partial charge is 0.324 e. The molecule has 0 saturated carbocycles. The molecule has 0 aliphatic carbocycles. The minimum Gasteiger partial charge on any atom is -0.324 e. The molecule has 2 heterocycles. The van der Waals surface area contributed by atoms with Crippen LogP contribution in [0.4, 0.5) is 18.9 Å². The summed E-state index contributed by atoms with van der Waals surface area (Å²) in [4.78, 5) is 46.2. The number of nitrogens with one attached hydrogen (secondary N) is 3. The summed E-state index contributed by atoms with van der Waals surface area (Å²) in [6, 6.07) is 16.8. The number of carbonyl (C=O) groups excluding carboxylic acids is 3. The van der Waals surface area contributed by atoms with E-state index in [0.717, 1.165) is 17.2 Å². The summed E-state index contributed by atoms with van der Waals surface area (Å²) in [6.45, 7) is 1.62. The van der Waals surface area contributed by atoms with Gasteiger partial charge >= 0.3 is 6.18 Å². The third-order valence-corrected chi connectivity index (χ3v) is 6.68. The molecule has 0 spiro atoms. The van der Waals surface area contributed by atoms with E-state index < -0.39 is 35.5 Å². The number of aliphatic imine (C=N–C) groups is 1. The minimum atomic E-state index is -4.61. The van der Waals surface area contributed by atoms with Gasteiger partial charge in [-0.3, -0.25) is 30.2 Å². The highest BCUT2D eigenvalue weighted by Gasteiger charge is 2.32.